The molecule has 0 bridgehead atoms. The standard InChI is InChI=1S/C13H13ClN2O/c1-8-12(15-9(2)16-13(8)14)10-4-6-11(17-3)7-5-10/h4-7H,1-3H3. The Morgan fingerprint density at radius 2 is 1.71 bits per heavy atom. The third-order valence-corrected chi connectivity index (χ3v) is 2.93. The first-order valence-electron chi connectivity index (χ1n) is 5.27. The minimum atomic E-state index is 0.503. The molecule has 3 nitrogen and oxygen atoms in total. The molecule has 4 heteroatoms. The number of aryl methyl sites for hydroxylation is 1. The number of nitrogens with zero attached hydrogens (tertiary/aromatic N) is 2. The normalized spacial score (nSPS) is 10.4. The van der Waals surface area contributed by atoms with E-state index in [1.54, 1.807) is 7.11 Å². The SMILES string of the molecule is COc1ccc(-c2nc(C)nc(Cl)c2C)cc1. The number of benzene rings is 1. The van der Waals surface area contributed by atoms with Gasteiger partial charge in [0, 0.05) is 11.1 Å². The third kappa shape index (κ3) is 2.39. The number of hydrogen-bond acceptors (Lipinski definition) is 3. The van der Waals surface area contributed by atoms with Gasteiger partial charge in [0.15, 0.2) is 0 Å². The van der Waals surface area contributed by atoms with E-state index in [1.165, 1.54) is 0 Å². The molecule has 0 fully saturated rings. The molecule has 0 aliphatic carbocycles. The van der Waals surface area contributed by atoms with Gasteiger partial charge in [-0.15, -0.1) is 0 Å². The molecule has 2 aromatic rings. The van der Waals surface area contributed by atoms with E-state index in [0.29, 0.717) is 11.0 Å². The van der Waals surface area contributed by atoms with Crippen LogP contribution in [0.2, 0.25) is 5.15 Å². The Hall–Kier alpha value is -1.61. The Labute approximate surface area is 105 Å². The van der Waals surface area contributed by atoms with Gasteiger partial charge in [-0.1, -0.05) is 11.6 Å². The van der Waals surface area contributed by atoms with Gasteiger partial charge < -0.3 is 4.74 Å². The van der Waals surface area contributed by atoms with Crippen molar-refractivity contribution in [1.82, 2.24) is 9.97 Å². The van der Waals surface area contributed by atoms with Crippen molar-refractivity contribution in [3.8, 4) is 17.0 Å². The van der Waals surface area contributed by atoms with E-state index in [0.717, 1.165) is 22.6 Å². The average Bonchev–Trinajstić information content (AvgIpc) is 2.34. The summed E-state index contributed by atoms with van der Waals surface area (Å²) in [7, 11) is 1.64. The maximum absolute atomic E-state index is 6.05. The molecule has 0 unspecified atom stereocenters. The molecule has 0 saturated carbocycles. The first kappa shape index (κ1) is 11.9. The minimum absolute atomic E-state index is 0.503. The lowest BCUT2D eigenvalue weighted by atomic mass is 10.1. The highest BCUT2D eigenvalue weighted by Crippen LogP contribution is 2.26. The van der Waals surface area contributed by atoms with Crippen molar-refractivity contribution in [2.24, 2.45) is 0 Å². The Balaban J connectivity index is 2.52. The van der Waals surface area contributed by atoms with Crippen molar-refractivity contribution in [3.05, 3.63) is 40.8 Å². The second-order valence-electron chi connectivity index (χ2n) is 3.76. The van der Waals surface area contributed by atoms with Crippen molar-refractivity contribution in [2.75, 3.05) is 7.11 Å². The molecule has 1 heterocycles. The summed E-state index contributed by atoms with van der Waals surface area (Å²) in [5.41, 5.74) is 2.77. The van der Waals surface area contributed by atoms with Crippen LogP contribution < -0.4 is 4.74 Å². The number of ether oxygens (including phenoxy) is 1. The van der Waals surface area contributed by atoms with Crippen LogP contribution in [0.3, 0.4) is 0 Å². The van der Waals surface area contributed by atoms with Gasteiger partial charge in [-0.25, -0.2) is 9.97 Å². The Kier molecular flexibility index (Phi) is 3.29. The summed E-state index contributed by atoms with van der Waals surface area (Å²) < 4.78 is 5.12. The molecule has 0 N–H and O–H groups in total. The average molecular weight is 249 g/mol. The zero-order valence-corrected chi connectivity index (χ0v) is 10.7. The number of aromatic nitrogens is 2. The first-order valence-corrected chi connectivity index (χ1v) is 5.65. The first-order chi connectivity index (χ1) is 8.11. The number of hydrogen-bond donors (Lipinski definition) is 0. The topological polar surface area (TPSA) is 35.0 Å². The summed E-state index contributed by atoms with van der Waals surface area (Å²) >= 11 is 6.05. The van der Waals surface area contributed by atoms with Crippen LogP contribution >= 0.6 is 11.6 Å². The van der Waals surface area contributed by atoms with Crippen molar-refractivity contribution in [1.29, 1.82) is 0 Å². The largest absolute Gasteiger partial charge is 0.497 e. The summed E-state index contributed by atoms with van der Waals surface area (Å²) in [5.74, 6) is 1.50. The smallest absolute Gasteiger partial charge is 0.136 e. The second kappa shape index (κ2) is 4.72. The van der Waals surface area contributed by atoms with Crippen LogP contribution in [0.4, 0.5) is 0 Å². The van der Waals surface area contributed by atoms with Gasteiger partial charge in [-0.05, 0) is 38.1 Å². The molecule has 0 atom stereocenters. The summed E-state index contributed by atoms with van der Waals surface area (Å²) in [4.78, 5) is 8.55. The van der Waals surface area contributed by atoms with E-state index < -0.39 is 0 Å². The summed E-state index contributed by atoms with van der Waals surface area (Å²) in [5, 5.41) is 0.503. The predicted molar refractivity (Wildman–Crippen MR) is 68.5 cm³/mol. The number of rotatable bonds is 2. The van der Waals surface area contributed by atoms with Crippen LogP contribution in [0.5, 0.6) is 5.75 Å². The van der Waals surface area contributed by atoms with E-state index in [9.17, 15) is 0 Å². The van der Waals surface area contributed by atoms with Crippen molar-refractivity contribution >= 4 is 11.6 Å². The highest BCUT2D eigenvalue weighted by atomic mass is 35.5. The number of halogens is 1. The van der Waals surface area contributed by atoms with E-state index in [-0.39, 0.29) is 0 Å². The molecule has 17 heavy (non-hydrogen) atoms. The molecular formula is C13H13ClN2O. The van der Waals surface area contributed by atoms with E-state index in [4.69, 9.17) is 16.3 Å². The lowest BCUT2D eigenvalue weighted by Gasteiger charge is -2.08. The van der Waals surface area contributed by atoms with Crippen LogP contribution in [0.15, 0.2) is 24.3 Å². The molecule has 1 aromatic carbocycles. The zero-order valence-electron chi connectivity index (χ0n) is 9.99. The van der Waals surface area contributed by atoms with Gasteiger partial charge in [-0.2, -0.15) is 0 Å². The van der Waals surface area contributed by atoms with Crippen LogP contribution in [-0.4, -0.2) is 17.1 Å². The molecule has 0 radical (unpaired) electrons. The molecule has 0 saturated heterocycles. The van der Waals surface area contributed by atoms with E-state index in [1.807, 2.05) is 38.1 Å². The Bertz CT molecular complexity index is 538. The monoisotopic (exact) mass is 248 g/mol. The quantitative estimate of drug-likeness (QED) is 0.764. The van der Waals surface area contributed by atoms with Crippen molar-refractivity contribution in [2.45, 2.75) is 13.8 Å². The Morgan fingerprint density at radius 1 is 1.06 bits per heavy atom. The van der Waals surface area contributed by atoms with Crippen molar-refractivity contribution < 1.29 is 4.74 Å². The molecule has 0 aliphatic rings. The second-order valence-corrected chi connectivity index (χ2v) is 4.12. The number of methoxy groups -OCH3 is 1. The fraction of sp³-hybridized carbons (Fsp3) is 0.231. The fourth-order valence-electron chi connectivity index (χ4n) is 1.62. The molecule has 0 aliphatic heterocycles. The fourth-order valence-corrected chi connectivity index (χ4v) is 1.84. The van der Waals surface area contributed by atoms with Gasteiger partial charge in [-0.3, -0.25) is 0 Å². The van der Waals surface area contributed by atoms with Gasteiger partial charge >= 0.3 is 0 Å². The van der Waals surface area contributed by atoms with E-state index >= 15 is 0 Å². The van der Waals surface area contributed by atoms with Crippen LogP contribution in [0.1, 0.15) is 11.4 Å². The maximum atomic E-state index is 6.05. The van der Waals surface area contributed by atoms with Gasteiger partial charge in [0.05, 0.1) is 12.8 Å². The molecule has 0 amide bonds. The summed E-state index contributed by atoms with van der Waals surface area (Å²) in [6, 6.07) is 7.73. The van der Waals surface area contributed by atoms with Crippen LogP contribution in [0.25, 0.3) is 11.3 Å². The van der Waals surface area contributed by atoms with Crippen LogP contribution in [-0.2, 0) is 0 Å². The molecular weight excluding hydrogens is 236 g/mol. The maximum Gasteiger partial charge on any atom is 0.136 e. The Morgan fingerprint density at radius 3 is 2.29 bits per heavy atom. The summed E-state index contributed by atoms with van der Waals surface area (Å²) in [6.45, 7) is 3.75. The lowest BCUT2D eigenvalue weighted by Crippen LogP contribution is -1.96. The third-order valence-electron chi connectivity index (χ3n) is 2.56. The molecule has 2 rings (SSSR count). The van der Waals surface area contributed by atoms with Crippen LogP contribution in [0, 0.1) is 13.8 Å². The highest BCUT2D eigenvalue weighted by molar-refractivity contribution is 6.30. The van der Waals surface area contributed by atoms with Crippen molar-refractivity contribution in [3.63, 3.8) is 0 Å². The van der Waals surface area contributed by atoms with Gasteiger partial charge in [0.2, 0.25) is 0 Å². The predicted octanol–water partition coefficient (Wildman–Crippen LogP) is 3.42. The molecule has 88 valence electrons. The summed E-state index contributed by atoms with van der Waals surface area (Å²) in [6.07, 6.45) is 0. The minimum Gasteiger partial charge on any atom is -0.497 e. The van der Waals surface area contributed by atoms with Gasteiger partial charge in [0.1, 0.15) is 16.7 Å². The van der Waals surface area contributed by atoms with Gasteiger partial charge in [0.25, 0.3) is 0 Å². The zero-order chi connectivity index (χ0) is 12.4. The lowest BCUT2D eigenvalue weighted by molar-refractivity contribution is 0.415. The molecule has 1 aromatic heterocycles. The van der Waals surface area contributed by atoms with E-state index in [2.05, 4.69) is 9.97 Å². The highest BCUT2D eigenvalue weighted by Gasteiger charge is 2.09. The molecule has 0 spiro atoms.